The Morgan fingerprint density at radius 3 is 1.61 bits per heavy atom. The SMILES string of the molecule is CC(C)O.COC(=O)c1cc(OC)c(O)cn1.COC(=O)c1cc(OC)c(OC(C)C)cn1. The summed E-state index contributed by atoms with van der Waals surface area (Å²) in [5, 5.41) is 17.2. The van der Waals surface area contributed by atoms with Gasteiger partial charge in [0.2, 0.25) is 0 Å². The minimum atomic E-state index is -0.571. The summed E-state index contributed by atoms with van der Waals surface area (Å²) in [6, 6.07) is 2.80. The van der Waals surface area contributed by atoms with E-state index in [9.17, 15) is 9.59 Å². The van der Waals surface area contributed by atoms with Crippen LogP contribution in [0, 0.1) is 0 Å². The second-order valence-corrected chi connectivity index (χ2v) is 6.71. The van der Waals surface area contributed by atoms with Crippen LogP contribution in [-0.2, 0) is 9.47 Å². The Balaban J connectivity index is 0.000000542. The first kappa shape index (κ1) is 29.4. The van der Waals surface area contributed by atoms with E-state index in [-0.39, 0.29) is 35.1 Å². The molecular weight excluding hydrogens is 436 g/mol. The summed E-state index contributed by atoms with van der Waals surface area (Å²) in [6.45, 7) is 7.24. The maximum atomic E-state index is 11.2. The average Bonchev–Trinajstić information content (AvgIpc) is 2.78. The molecule has 0 spiro atoms. The van der Waals surface area contributed by atoms with Crippen molar-refractivity contribution in [1.82, 2.24) is 9.97 Å². The van der Waals surface area contributed by atoms with Gasteiger partial charge < -0.3 is 33.9 Å². The number of aliphatic hydroxyl groups is 1. The van der Waals surface area contributed by atoms with Gasteiger partial charge in [0.15, 0.2) is 34.4 Å². The van der Waals surface area contributed by atoms with Crippen molar-refractivity contribution in [2.45, 2.75) is 39.9 Å². The number of aromatic nitrogens is 2. The van der Waals surface area contributed by atoms with Crippen LogP contribution in [0.4, 0.5) is 0 Å². The number of hydrogen-bond donors (Lipinski definition) is 2. The van der Waals surface area contributed by atoms with Crippen molar-refractivity contribution >= 4 is 11.9 Å². The molecule has 0 radical (unpaired) electrons. The second-order valence-electron chi connectivity index (χ2n) is 6.71. The van der Waals surface area contributed by atoms with Gasteiger partial charge in [0.1, 0.15) is 0 Å². The summed E-state index contributed by atoms with van der Waals surface area (Å²) in [6.07, 6.45) is 2.43. The normalized spacial score (nSPS) is 9.67. The van der Waals surface area contributed by atoms with Crippen LogP contribution in [0.5, 0.6) is 23.0 Å². The van der Waals surface area contributed by atoms with Crippen molar-refractivity contribution < 1.29 is 43.5 Å². The number of ether oxygens (including phenoxy) is 5. The van der Waals surface area contributed by atoms with Crippen LogP contribution in [0.3, 0.4) is 0 Å². The van der Waals surface area contributed by atoms with Crippen LogP contribution in [-0.4, -0.2) is 72.8 Å². The molecule has 0 aliphatic carbocycles. The van der Waals surface area contributed by atoms with E-state index in [2.05, 4.69) is 19.4 Å². The number of aromatic hydroxyl groups is 1. The molecule has 0 atom stereocenters. The Morgan fingerprint density at radius 2 is 1.21 bits per heavy atom. The van der Waals surface area contributed by atoms with Gasteiger partial charge in [0.25, 0.3) is 0 Å². The van der Waals surface area contributed by atoms with Crippen LogP contribution < -0.4 is 14.2 Å². The van der Waals surface area contributed by atoms with E-state index in [1.54, 1.807) is 13.8 Å². The lowest BCUT2D eigenvalue weighted by Crippen LogP contribution is -2.09. The molecule has 0 aliphatic rings. The van der Waals surface area contributed by atoms with E-state index in [0.717, 1.165) is 6.20 Å². The van der Waals surface area contributed by atoms with Crippen molar-refractivity contribution in [3.8, 4) is 23.0 Å². The lowest BCUT2D eigenvalue weighted by Gasteiger charge is -2.13. The zero-order valence-corrected chi connectivity index (χ0v) is 20.1. The number of rotatable bonds is 6. The van der Waals surface area contributed by atoms with Crippen LogP contribution in [0.25, 0.3) is 0 Å². The predicted molar refractivity (Wildman–Crippen MR) is 119 cm³/mol. The lowest BCUT2D eigenvalue weighted by atomic mass is 10.3. The molecule has 0 aromatic carbocycles. The van der Waals surface area contributed by atoms with E-state index >= 15 is 0 Å². The number of nitrogens with zero attached hydrogens (tertiary/aromatic N) is 2. The van der Waals surface area contributed by atoms with Crippen molar-refractivity contribution in [3.63, 3.8) is 0 Å². The molecular formula is C22H32N2O9. The van der Waals surface area contributed by atoms with Crippen LogP contribution in [0.1, 0.15) is 48.7 Å². The molecule has 2 aromatic heterocycles. The molecule has 0 saturated heterocycles. The highest BCUT2D eigenvalue weighted by molar-refractivity contribution is 5.88. The lowest BCUT2D eigenvalue weighted by molar-refractivity contribution is 0.0584. The zero-order chi connectivity index (χ0) is 25.6. The first-order valence-electron chi connectivity index (χ1n) is 9.78. The third-order valence-electron chi connectivity index (χ3n) is 3.27. The monoisotopic (exact) mass is 468 g/mol. The van der Waals surface area contributed by atoms with Crippen molar-refractivity contribution in [2.75, 3.05) is 28.4 Å². The predicted octanol–water partition coefficient (Wildman–Crippen LogP) is 2.63. The summed E-state index contributed by atoms with van der Waals surface area (Å²) >= 11 is 0. The van der Waals surface area contributed by atoms with Crippen molar-refractivity contribution in [2.24, 2.45) is 0 Å². The van der Waals surface area contributed by atoms with Crippen molar-refractivity contribution in [3.05, 3.63) is 35.9 Å². The number of hydrogen-bond acceptors (Lipinski definition) is 11. The fraction of sp³-hybridized carbons (Fsp3) is 0.455. The highest BCUT2D eigenvalue weighted by atomic mass is 16.5. The van der Waals surface area contributed by atoms with Gasteiger partial charge in [-0.3, -0.25) is 0 Å². The van der Waals surface area contributed by atoms with E-state index in [1.165, 1.54) is 46.8 Å². The van der Waals surface area contributed by atoms with Gasteiger partial charge in [-0.05, 0) is 27.7 Å². The first-order chi connectivity index (χ1) is 15.5. The topological polar surface area (TPSA) is 147 Å². The molecule has 2 heterocycles. The van der Waals surface area contributed by atoms with E-state index in [0.29, 0.717) is 11.5 Å². The maximum Gasteiger partial charge on any atom is 0.356 e. The molecule has 2 N–H and O–H groups in total. The molecule has 184 valence electrons. The minimum absolute atomic E-state index is 0.0136. The Bertz CT molecular complexity index is 883. The van der Waals surface area contributed by atoms with Gasteiger partial charge in [-0.25, -0.2) is 19.6 Å². The smallest absolute Gasteiger partial charge is 0.356 e. The van der Waals surface area contributed by atoms with Crippen LogP contribution in [0.15, 0.2) is 24.5 Å². The number of aliphatic hydroxyl groups excluding tert-OH is 1. The first-order valence-corrected chi connectivity index (χ1v) is 9.78. The van der Waals surface area contributed by atoms with E-state index < -0.39 is 11.9 Å². The molecule has 11 heteroatoms. The van der Waals surface area contributed by atoms with Gasteiger partial charge in [-0.15, -0.1) is 0 Å². The maximum absolute atomic E-state index is 11.2. The third kappa shape index (κ3) is 11.0. The Morgan fingerprint density at radius 1 is 0.788 bits per heavy atom. The summed E-state index contributed by atoms with van der Waals surface area (Å²) in [7, 11) is 5.44. The molecule has 2 rings (SSSR count). The minimum Gasteiger partial charge on any atom is -0.503 e. The molecule has 11 nitrogen and oxygen atoms in total. The number of carbonyl (C=O) groups is 2. The molecule has 2 aromatic rings. The van der Waals surface area contributed by atoms with Crippen LogP contribution in [0.2, 0.25) is 0 Å². The van der Waals surface area contributed by atoms with Crippen LogP contribution >= 0.6 is 0 Å². The number of carbonyl (C=O) groups excluding carboxylic acids is 2. The van der Waals surface area contributed by atoms with Gasteiger partial charge in [0, 0.05) is 18.2 Å². The third-order valence-corrected chi connectivity index (χ3v) is 3.27. The fourth-order valence-electron chi connectivity index (χ4n) is 1.95. The fourth-order valence-corrected chi connectivity index (χ4v) is 1.95. The zero-order valence-electron chi connectivity index (χ0n) is 20.1. The Hall–Kier alpha value is -3.60. The summed E-state index contributed by atoms with van der Waals surface area (Å²) < 4.78 is 24.4. The Kier molecular flexibility index (Phi) is 13.6. The highest BCUT2D eigenvalue weighted by Crippen LogP contribution is 2.27. The van der Waals surface area contributed by atoms with E-state index in [1.807, 2.05) is 13.8 Å². The summed E-state index contributed by atoms with van der Waals surface area (Å²) in [5.41, 5.74) is 0.285. The number of methoxy groups -OCH3 is 4. The summed E-state index contributed by atoms with van der Waals surface area (Å²) in [4.78, 5) is 29.8. The molecule has 0 saturated carbocycles. The Labute approximate surface area is 193 Å². The number of esters is 2. The molecule has 0 unspecified atom stereocenters. The quantitative estimate of drug-likeness (QED) is 0.603. The molecule has 33 heavy (non-hydrogen) atoms. The highest BCUT2D eigenvalue weighted by Gasteiger charge is 2.13. The van der Waals surface area contributed by atoms with Gasteiger partial charge in [0.05, 0.1) is 46.9 Å². The standard InChI is InChI=1S/C11H15NO4.C8H9NO4.C3H8O/c1-7(2)16-10-6-12-8(11(13)15-4)5-9(10)14-3;1-12-7-3-5(8(11)13-2)9-4-6(7)10;1-3(2)4/h5-7H,1-4H3;3-4,10H,1-2H3;3-4H,1-2H3. The average molecular weight is 469 g/mol. The molecule has 0 bridgehead atoms. The summed E-state index contributed by atoms with van der Waals surface area (Å²) in [5.74, 6) is -0.0347. The van der Waals surface area contributed by atoms with Gasteiger partial charge in [-0.1, -0.05) is 0 Å². The van der Waals surface area contributed by atoms with Gasteiger partial charge >= 0.3 is 11.9 Å². The van der Waals surface area contributed by atoms with Gasteiger partial charge in [-0.2, -0.15) is 0 Å². The molecule has 0 fully saturated rings. The number of pyridine rings is 2. The largest absolute Gasteiger partial charge is 0.503 e. The molecule has 0 aliphatic heterocycles. The van der Waals surface area contributed by atoms with E-state index in [4.69, 9.17) is 24.4 Å². The molecule has 0 amide bonds. The van der Waals surface area contributed by atoms with Crippen molar-refractivity contribution in [1.29, 1.82) is 0 Å². The second kappa shape index (κ2) is 15.2.